The molecule has 1 atom stereocenters. The molecule has 1 unspecified atom stereocenters. The SMILES string of the molecule is CC1Cc2nc(SCC(N)=O)n(CCc3ccccc3)c(=O)c2S1. The van der Waals surface area contributed by atoms with Crippen molar-refractivity contribution >= 4 is 29.4 Å². The number of nitrogens with zero attached hydrogens (tertiary/aromatic N) is 2. The number of aromatic nitrogens is 2. The molecule has 5 nitrogen and oxygen atoms in total. The zero-order valence-electron chi connectivity index (χ0n) is 13.4. The number of hydrogen-bond donors (Lipinski definition) is 1. The zero-order chi connectivity index (χ0) is 17.1. The summed E-state index contributed by atoms with van der Waals surface area (Å²) in [5.74, 6) is -0.286. The monoisotopic (exact) mass is 361 g/mol. The van der Waals surface area contributed by atoms with Crippen LogP contribution in [0.4, 0.5) is 0 Å². The molecule has 0 saturated heterocycles. The van der Waals surface area contributed by atoms with E-state index in [0.717, 1.165) is 29.0 Å². The van der Waals surface area contributed by atoms with Gasteiger partial charge in [-0.25, -0.2) is 4.98 Å². The number of hydrogen-bond acceptors (Lipinski definition) is 5. The largest absolute Gasteiger partial charge is 0.369 e. The van der Waals surface area contributed by atoms with Gasteiger partial charge in [0.2, 0.25) is 5.91 Å². The molecule has 126 valence electrons. The van der Waals surface area contributed by atoms with Crippen molar-refractivity contribution in [1.29, 1.82) is 0 Å². The van der Waals surface area contributed by atoms with Crippen molar-refractivity contribution < 1.29 is 4.79 Å². The third-order valence-corrected chi connectivity index (χ3v) is 5.99. The van der Waals surface area contributed by atoms with Crippen molar-refractivity contribution in [2.75, 3.05) is 5.75 Å². The summed E-state index contributed by atoms with van der Waals surface area (Å²) < 4.78 is 1.68. The number of thioether (sulfide) groups is 2. The molecule has 1 aromatic heterocycles. The number of rotatable bonds is 6. The van der Waals surface area contributed by atoms with Gasteiger partial charge >= 0.3 is 0 Å². The van der Waals surface area contributed by atoms with Gasteiger partial charge in [-0.15, -0.1) is 11.8 Å². The summed E-state index contributed by atoms with van der Waals surface area (Å²) in [7, 11) is 0. The summed E-state index contributed by atoms with van der Waals surface area (Å²) in [6, 6.07) is 10.0. The van der Waals surface area contributed by atoms with E-state index in [2.05, 4.69) is 11.9 Å². The third kappa shape index (κ3) is 3.84. The van der Waals surface area contributed by atoms with E-state index in [1.807, 2.05) is 30.3 Å². The fraction of sp³-hybridized carbons (Fsp3) is 0.353. The van der Waals surface area contributed by atoms with Gasteiger partial charge in [0.1, 0.15) is 0 Å². The van der Waals surface area contributed by atoms with Gasteiger partial charge in [0.15, 0.2) is 5.16 Å². The van der Waals surface area contributed by atoms with E-state index in [1.165, 1.54) is 11.8 Å². The number of carbonyl (C=O) groups is 1. The molecule has 1 aliphatic rings. The first-order valence-electron chi connectivity index (χ1n) is 7.80. The van der Waals surface area contributed by atoms with E-state index in [9.17, 15) is 9.59 Å². The van der Waals surface area contributed by atoms with E-state index < -0.39 is 5.91 Å². The minimum Gasteiger partial charge on any atom is -0.369 e. The topological polar surface area (TPSA) is 78.0 Å². The van der Waals surface area contributed by atoms with Crippen LogP contribution in [0.1, 0.15) is 18.2 Å². The maximum absolute atomic E-state index is 12.9. The fourth-order valence-electron chi connectivity index (χ4n) is 2.66. The molecule has 24 heavy (non-hydrogen) atoms. The highest BCUT2D eigenvalue weighted by Gasteiger charge is 2.26. The summed E-state index contributed by atoms with van der Waals surface area (Å²) in [6.45, 7) is 2.63. The van der Waals surface area contributed by atoms with E-state index in [4.69, 9.17) is 5.73 Å². The van der Waals surface area contributed by atoms with Gasteiger partial charge in [0.25, 0.3) is 5.56 Å². The lowest BCUT2D eigenvalue weighted by Crippen LogP contribution is -2.27. The maximum atomic E-state index is 12.9. The van der Waals surface area contributed by atoms with Crippen LogP contribution in [0.15, 0.2) is 45.2 Å². The second-order valence-corrected chi connectivity index (χ2v) is 8.14. The molecule has 2 heterocycles. The van der Waals surface area contributed by atoms with Gasteiger partial charge in [-0.1, -0.05) is 49.0 Å². The Bertz CT molecular complexity index is 805. The Morgan fingerprint density at radius 3 is 2.88 bits per heavy atom. The Morgan fingerprint density at radius 2 is 2.17 bits per heavy atom. The third-order valence-electron chi connectivity index (χ3n) is 3.77. The molecular formula is C17H19N3O2S2. The molecule has 1 aromatic carbocycles. The lowest BCUT2D eigenvalue weighted by molar-refractivity contribution is -0.115. The van der Waals surface area contributed by atoms with Gasteiger partial charge < -0.3 is 5.73 Å². The summed E-state index contributed by atoms with van der Waals surface area (Å²) in [5.41, 5.74) is 7.26. The number of primary amides is 1. The van der Waals surface area contributed by atoms with Gasteiger partial charge in [-0.2, -0.15) is 0 Å². The van der Waals surface area contributed by atoms with E-state index in [0.29, 0.717) is 17.0 Å². The van der Waals surface area contributed by atoms with Crippen LogP contribution >= 0.6 is 23.5 Å². The van der Waals surface area contributed by atoms with Crippen LogP contribution in [-0.2, 0) is 24.2 Å². The molecule has 0 fully saturated rings. The highest BCUT2D eigenvalue weighted by Crippen LogP contribution is 2.34. The first-order valence-corrected chi connectivity index (χ1v) is 9.66. The highest BCUT2D eigenvalue weighted by molar-refractivity contribution is 8.00. The van der Waals surface area contributed by atoms with E-state index >= 15 is 0 Å². The minimum atomic E-state index is -0.410. The molecule has 0 spiro atoms. The van der Waals surface area contributed by atoms with Gasteiger partial charge in [0, 0.05) is 18.2 Å². The van der Waals surface area contributed by atoms with Crippen molar-refractivity contribution in [1.82, 2.24) is 9.55 Å². The Balaban J connectivity index is 1.91. The van der Waals surface area contributed by atoms with Crippen LogP contribution in [-0.4, -0.2) is 26.5 Å². The zero-order valence-corrected chi connectivity index (χ0v) is 15.0. The van der Waals surface area contributed by atoms with Crippen molar-refractivity contribution in [2.45, 2.75) is 41.6 Å². The lowest BCUT2D eigenvalue weighted by Gasteiger charge is -2.13. The molecule has 0 aliphatic carbocycles. The minimum absolute atomic E-state index is 0.00254. The Morgan fingerprint density at radius 1 is 1.42 bits per heavy atom. The highest BCUT2D eigenvalue weighted by atomic mass is 32.2. The van der Waals surface area contributed by atoms with Crippen molar-refractivity contribution in [2.24, 2.45) is 5.73 Å². The molecule has 0 radical (unpaired) electrons. The quantitative estimate of drug-likeness (QED) is 0.630. The molecule has 1 amide bonds. The summed E-state index contributed by atoms with van der Waals surface area (Å²) >= 11 is 2.83. The number of nitrogens with two attached hydrogens (primary N) is 1. The Kier molecular flexibility index (Phi) is 5.30. The van der Waals surface area contributed by atoms with Crippen LogP contribution in [0, 0.1) is 0 Å². The number of amides is 1. The molecule has 0 bridgehead atoms. The predicted octanol–water partition coefficient (Wildman–Crippen LogP) is 2.10. The second kappa shape index (κ2) is 7.44. The number of benzene rings is 1. The van der Waals surface area contributed by atoms with Crippen LogP contribution < -0.4 is 11.3 Å². The molecule has 7 heteroatoms. The summed E-state index contributed by atoms with van der Waals surface area (Å²) in [5, 5.41) is 0.947. The van der Waals surface area contributed by atoms with Gasteiger partial charge in [0.05, 0.1) is 16.3 Å². The Labute approximate surface area is 149 Å². The number of carbonyl (C=O) groups excluding carboxylic acids is 1. The van der Waals surface area contributed by atoms with Crippen molar-refractivity contribution in [3.8, 4) is 0 Å². The number of aryl methyl sites for hydroxylation is 1. The average Bonchev–Trinajstić information content (AvgIpc) is 2.94. The molecule has 2 aromatic rings. The van der Waals surface area contributed by atoms with Gasteiger partial charge in [-0.05, 0) is 12.0 Å². The molecule has 2 N–H and O–H groups in total. The Hall–Kier alpha value is -1.73. The predicted molar refractivity (Wildman–Crippen MR) is 97.6 cm³/mol. The van der Waals surface area contributed by atoms with Crippen molar-refractivity contribution in [3.63, 3.8) is 0 Å². The average molecular weight is 361 g/mol. The van der Waals surface area contributed by atoms with Crippen LogP contribution in [0.2, 0.25) is 0 Å². The van der Waals surface area contributed by atoms with E-state index in [-0.39, 0.29) is 11.3 Å². The first-order chi connectivity index (χ1) is 11.5. The maximum Gasteiger partial charge on any atom is 0.268 e. The van der Waals surface area contributed by atoms with Crippen molar-refractivity contribution in [3.05, 3.63) is 51.9 Å². The normalized spacial score (nSPS) is 16.1. The smallest absolute Gasteiger partial charge is 0.268 e. The second-order valence-electron chi connectivity index (χ2n) is 5.75. The van der Waals surface area contributed by atoms with Crippen LogP contribution in [0.25, 0.3) is 0 Å². The standard InChI is InChI=1S/C17H19N3O2S2/c1-11-9-13-15(24-11)16(22)20(17(19-13)23-10-14(18)21)8-7-12-5-3-2-4-6-12/h2-6,11H,7-10H2,1H3,(H2,18,21). The molecular weight excluding hydrogens is 342 g/mol. The first kappa shape index (κ1) is 17.1. The summed E-state index contributed by atoms with van der Waals surface area (Å²) in [4.78, 5) is 29.4. The molecule has 1 aliphatic heterocycles. The summed E-state index contributed by atoms with van der Waals surface area (Å²) in [6.07, 6.45) is 1.53. The fourth-order valence-corrected chi connectivity index (χ4v) is 4.56. The molecule has 3 rings (SSSR count). The van der Waals surface area contributed by atoms with Crippen LogP contribution in [0.3, 0.4) is 0 Å². The molecule has 0 saturated carbocycles. The van der Waals surface area contributed by atoms with Gasteiger partial charge in [-0.3, -0.25) is 14.2 Å². The number of fused-ring (bicyclic) bond motifs is 1. The van der Waals surface area contributed by atoms with Crippen LogP contribution in [0.5, 0.6) is 0 Å². The lowest BCUT2D eigenvalue weighted by atomic mass is 10.1. The van der Waals surface area contributed by atoms with E-state index in [1.54, 1.807) is 16.3 Å².